The zero-order valence-electron chi connectivity index (χ0n) is 16.7. The Morgan fingerprint density at radius 1 is 0.833 bits per heavy atom. The molecule has 0 unspecified atom stereocenters. The number of carbonyl (C=O) groups excluding carboxylic acids is 1. The molecule has 0 bridgehead atoms. The molecular weight excluding hydrogens is 398 g/mol. The summed E-state index contributed by atoms with van der Waals surface area (Å²) >= 11 is 0. The fraction of sp³-hybridized carbons (Fsp3) is 0.208. The molecule has 0 aliphatic carbocycles. The van der Waals surface area contributed by atoms with E-state index in [1.54, 1.807) is 30.3 Å². The van der Waals surface area contributed by atoms with Crippen molar-refractivity contribution in [2.45, 2.75) is 17.7 Å². The van der Waals surface area contributed by atoms with Gasteiger partial charge in [0, 0.05) is 13.0 Å². The molecule has 0 aromatic heterocycles. The summed E-state index contributed by atoms with van der Waals surface area (Å²) in [7, 11) is -3.33. The van der Waals surface area contributed by atoms with E-state index >= 15 is 0 Å². The molecule has 3 aromatic carbocycles. The van der Waals surface area contributed by atoms with Crippen molar-refractivity contribution in [3.63, 3.8) is 0 Å². The first-order valence-electron chi connectivity index (χ1n) is 9.84. The summed E-state index contributed by atoms with van der Waals surface area (Å²) in [6.45, 7) is 0.164. The predicted molar refractivity (Wildman–Crippen MR) is 117 cm³/mol. The number of carbonyl (C=O) groups is 1. The quantitative estimate of drug-likeness (QED) is 0.506. The van der Waals surface area contributed by atoms with Gasteiger partial charge in [0.25, 0.3) is 5.91 Å². The van der Waals surface area contributed by atoms with Crippen LogP contribution in [-0.4, -0.2) is 33.2 Å². The molecule has 3 rings (SSSR count). The fourth-order valence-electron chi connectivity index (χ4n) is 3.04. The lowest BCUT2D eigenvalue weighted by atomic mass is 10.0. The summed E-state index contributed by atoms with van der Waals surface area (Å²) < 4.78 is 30.2. The van der Waals surface area contributed by atoms with E-state index in [4.69, 9.17) is 4.74 Å². The minimum Gasteiger partial charge on any atom is -0.483 e. The highest BCUT2D eigenvalue weighted by atomic mass is 32.2. The van der Waals surface area contributed by atoms with Crippen molar-refractivity contribution in [3.05, 3.63) is 96.1 Å². The lowest BCUT2D eigenvalue weighted by Crippen LogP contribution is -2.30. The zero-order valence-corrected chi connectivity index (χ0v) is 17.5. The average Bonchev–Trinajstić information content (AvgIpc) is 2.77. The monoisotopic (exact) mass is 423 g/mol. The summed E-state index contributed by atoms with van der Waals surface area (Å²) in [6.07, 6.45) is 1.06. The second kappa shape index (κ2) is 10.6. The summed E-state index contributed by atoms with van der Waals surface area (Å²) in [5.74, 6) is 0.378. The minimum atomic E-state index is -3.33. The third-order valence-electron chi connectivity index (χ3n) is 4.58. The normalized spacial score (nSPS) is 11.1. The maximum absolute atomic E-state index is 12.2. The molecule has 0 saturated heterocycles. The van der Waals surface area contributed by atoms with E-state index in [1.807, 2.05) is 54.6 Å². The van der Waals surface area contributed by atoms with Gasteiger partial charge in [-0.25, -0.2) is 8.42 Å². The largest absolute Gasteiger partial charge is 0.483 e. The third kappa shape index (κ3) is 6.46. The van der Waals surface area contributed by atoms with Gasteiger partial charge in [-0.15, -0.1) is 0 Å². The van der Waals surface area contributed by atoms with Crippen molar-refractivity contribution < 1.29 is 17.9 Å². The van der Waals surface area contributed by atoms with Crippen molar-refractivity contribution >= 4 is 15.7 Å². The molecule has 0 heterocycles. The van der Waals surface area contributed by atoms with Crippen LogP contribution in [0.2, 0.25) is 0 Å². The van der Waals surface area contributed by atoms with Gasteiger partial charge in [0.15, 0.2) is 16.4 Å². The van der Waals surface area contributed by atoms with Gasteiger partial charge < -0.3 is 10.1 Å². The molecule has 0 saturated carbocycles. The van der Waals surface area contributed by atoms with Crippen LogP contribution in [0, 0.1) is 0 Å². The number of ether oxygens (including phenoxy) is 1. The molecule has 0 aliphatic heterocycles. The van der Waals surface area contributed by atoms with Gasteiger partial charge in [-0.2, -0.15) is 0 Å². The lowest BCUT2D eigenvalue weighted by Gasteiger charge is -2.12. The van der Waals surface area contributed by atoms with Crippen molar-refractivity contribution in [1.29, 1.82) is 0 Å². The third-order valence-corrected chi connectivity index (χ3v) is 6.40. The number of rotatable bonds is 10. The van der Waals surface area contributed by atoms with Gasteiger partial charge in [-0.3, -0.25) is 4.79 Å². The highest BCUT2D eigenvalue weighted by Crippen LogP contribution is 2.21. The van der Waals surface area contributed by atoms with Crippen LogP contribution in [0.1, 0.15) is 17.5 Å². The summed E-state index contributed by atoms with van der Waals surface area (Å²) in [5.41, 5.74) is 2.17. The number of sulfone groups is 1. The highest BCUT2D eigenvalue weighted by Gasteiger charge is 2.13. The fourth-order valence-corrected chi connectivity index (χ4v) is 4.37. The smallest absolute Gasteiger partial charge is 0.257 e. The molecule has 0 atom stereocenters. The number of hydrogen-bond acceptors (Lipinski definition) is 4. The number of hydrogen-bond donors (Lipinski definition) is 1. The molecule has 3 aromatic rings. The number of para-hydroxylation sites is 1. The van der Waals surface area contributed by atoms with E-state index in [2.05, 4.69) is 5.32 Å². The van der Waals surface area contributed by atoms with Crippen molar-refractivity contribution in [2.75, 3.05) is 18.9 Å². The van der Waals surface area contributed by atoms with E-state index in [0.29, 0.717) is 17.1 Å². The number of benzene rings is 3. The Hall–Kier alpha value is -3.12. The molecule has 0 radical (unpaired) electrons. The van der Waals surface area contributed by atoms with Crippen LogP contribution in [0.3, 0.4) is 0 Å². The van der Waals surface area contributed by atoms with Crippen LogP contribution in [0.15, 0.2) is 89.8 Å². The van der Waals surface area contributed by atoms with E-state index < -0.39 is 9.84 Å². The molecular formula is C24H25NO4S. The van der Waals surface area contributed by atoms with E-state index in [9.17, 15) is 13.2 Å². The molecule has 1 N–H and O–H groups in total. The SMILES string of the molecule is O=C(COc1ccccc1Cc1ccccc1)NCCCS(=O)(=O)c1ccccc1. The number of amides is 1. The first-order chi connectivity index (χ1) is 14.5. The molecule has 6 heteroatoms. The molecule has 5 nitrogen and oxygen atoms in total. The molecule has 1 amide bonds. The van der Waals surface area contributed by atoms with E-state index in [-0.39, 0.29) is 24.8 Å². The topological polar surface area (TPSA) is 72.5 Å². The summed E-state index contributed by atoms with van der Waals surface area (Å²) in [5, 5.41) is 2.72. The van der Waals surface area contributed by atoms with Gasteiger partial charge in [-0.1, -0.05) is 66.7 Å². The molecule has 0 fully saturated rings. The van der Waals surface area contributed by atoms with Gasteiger partial charge in [0.05, 0.1) is 10.6 Å². The first-order valence-corrected chi connectivity index (χ1v) is 11.5. The van der Waals surface area contributed by atoms with Gasteiger partial charge in [-0.05, 0) is 35.7 Å². The van der Waals surface area contributed by atoms with Crippen molar-refractivity contribution in [2.24, 2.45) is 0 Å². The Balaban J connectivity index is 1.44. The molecule has 0 spiro atoms. The Morgan fingerprint density at radius 3 is 2.20 bits per heavy atom. The Labute approximate surface area is 177 Å². The van der Waals surface area contributed by atoms with Gasteiger partial charge in [0.1, 0.15) is 5.75 Å². The Kier molecular flexibility index (Phi) is 7.63. The van der Waals surface area contributed by atoms with E-state index in [1.165, 1.54) is 0 Å². The van der Waals surface area contributed by atoms with E-state index in [0.717, 1.165) is 17.5 Å². The molecule has 0 aliphatic rings. The second-order valence-electron chi connectivity index (χ2n) is 6.89. The lowest BCUT2D eigenvalue weighted by molar-refractivity contribution is -0.123. The van der Waals surface area contributed by atoms with Crippen LogP contribution < -0.4 is 10.1 Å². The minimum absolute atomic E-state index is 0.0158. The van der Waals surface area contributed by atoms with Crippen LogP contribution >= 0.6 is 0 Å². The van der Waals surface area contributed by atoms with Crippen molar-refractivity contribution in [3.8, 4) is 5.75 Å². The standard InChI is InChI=1S/C24H25NO4S/c26-24(25-16-9-17-30(27,28)22-13-5-2-6-14-22)19-29-23-15-8-7-12-21(23)18-20-10-3-1-4-11-20/h1-8,10-15H,9,16-19H2,(H,25,26). The molecule has 30 heavy (non-hydrogen) atoms. The maximum atomic E-state index is 12.2. The van der Waals surface area contributed by atoms with Crippen LogP contribution in [0.5, 0.6) is 5.75 Å². The average molecular weight is 424 g/mol. The Morgan fingerprint density at radius 2 is 1.47 bits per heavy atom. The van der Waals surface area contributed by atoms with Crippen LogP contribution in [-0.2, 0) is 21.1 Å². The predicted octanol–water partition coefficient (Wildman–Crippen LogP) is 3.64. The highest BCUT2D eigenvalue weighted by molar-refractivity contribution is 7.91. The summed E-state index contributed by atoms with van der Waals surface area (Å²) in [4.78, 5) is 12.4. The van der Waals surface area contributed by atoms with Crippen LogP contribution in [0.25, 0.3) is 0 Å². The Bertz CT molecular complexity index is 1050. The maximum Gasteiger partial charge on any atom is 0.257 e. The number of nitrogens with one attached hydrogen (secondary N) is 1. The first kappa shape index (κ1) is 21.6. The van der Waals surface area contributed by atoms with Crippen LogP contribution in [0.4, 0.5) is 0 Å². The zero-order chi connectivity index (χ0) is 21.2. The van der Waals surface area contributed by atoms with Crippen molar-refractivity contribution in [1.82, 2.24) is 5.32 Å². The van der Waals surface area contributed by atoms with Gasteiger partial charge in [0.2, 0.25) is 0 Å². The molecule has 156 valence electrons. The van der Waals surface area contributed by atoms with Gasteiger partial charge >= 0.3 is 0 Å². The summed E-state index contributed by atoms with van der Waals surface area (Å²) in [6, 6.07) is 26.0. The second-order valence-corrected chi connectivity index (χ2v) is 9.00.